The number of aryl methyl sites for hydroxylation is 1. The van der Waals surface area contributed by atoms with Crippen LogP contribution in [0, 0.1) is 0 Å². The maximum Gasteiger partial charge on any atom is 0.237 e. The summed E-state index contributed by atoms with van der Waals surface area (Å²) in [6.45, 7) is 1.93. The molecule has 1 atom stereocenters. The zero-order chi connectivity index (χ0) is 20.1. The summed E-state index contributed by atoms with van der Waals surface area (Å²) in [5.41, 5.74) is 1.51. The van der Waals surface area contributed by atoms with Crippen molar-refractivity contribution >= 4 is 23.4 Å². The third-order valence-electron chi connectivity index (χ3n) is 5.40. The van der Waals surface area contributed by atoms with E-state index in [0.29, 0.717) is 31.4 Å². The third kappa shape index (κ3) is 4.06. The number of nitrogens with one attached hydrogen (secondary N) is 2. The van der Waals surface area contributed by atoms with Crippen molar-refractivity contribution in [1.82, 2.24) is 5.32 Å². The summed E-state index contributed by atoms with van der Waals surface area (Å²) in [5, 5.41) is 15.0. The van der Waals surface area contributed by atoms with Crippen LogP contribution in [0.5, 0.6) is 5.75 Å². The molecule has 0 radical (unpaired) electrons. The molecule has 0 aromatic heterocycles. The summed E-state index contributed by atoms with van der Waals surface area (Å²) in [6, 6.07) is 14.2. The molecule has 2 aromatic rings. The number of rotatable bonds is 6. The van der Waals surface area contributed by atoms with E-state index in [1.54, 1.807) is 30.3 Å². The highest BCUT2D eigenvalue weighted by molar-refractivity contribution is 6.03. The number of aromatic hydroxyl groups is 1. The molecule has 6 nitrogen and oxygen atoms in total. The number of benzene rings is 2. The lowest BCUT2D eigenvalue weighted by Gasteiger charge is -2.35. The Morgan fingerprint density at radius 2 is 1.86 bits per heavy atom. The van der Waals surface area contributed by atoms with Gasteiger partial charge < -0.3 is 10.4 Å². The van der Waals surface area contributed by atoms with E-state index in [0.717, 1.165) is 11.1 Å². The first-order valence-electron chi connectivity index (χ1n) is 9.46. The molecule has 3 rings (SSSR count). The zero-order valence-electron chi connectivity index (χ0n) is 15.8. The van der Waals surface area contributed by atoms with Crippen molar-refractivity contribution in [3.63, 3.8) is 0 Å². The average molecular weight is 380 g/mol. The van der Waals surface area contributed by atoms with E-state index in [1.807, 2.05) is 25.1 Å². The number of hydrogen-bond donors (Lipinski definition) is 3. The Morgan fingerprint density at radius 1 is 1.14 bits per heavy atom. The van der Waals surface area contributed by atoms with Crippen molar-refractivity contribution in [2.24, 2.45) is 0 Å². The van der Waals surface area contributed by atoms with Gasteiger partial charge in [0.05, 0.1) is 5.41 Å². The number of para-hydroxylation sites is 1. The summed E-state index contributed by atoms with van der Waals surface area (Å²) in [7, 11) is 0. The first kappa shape index (κ1) is 19.6. The van der Waals surface area contributed by atoms with Crippen LogP contribution in [0.3, 0.4) is 0 Å². The topological polar surface area (TPSA) is 95.5 Å². The predicted molar refractivity (Wildman–Crippen MR) is 106 cm³/mol. The van der Waals surface area contributed by atoms with Crippen LogP contribution in [-0.2, 0) is 26.2 Å². The summed E-state index contributed by atoms with van der Waals surface area (Å²) < 4.78 is 0. The van der Waals surface area contributed by atoms with Gasteiger partial charge in [-0.05, 0) is 48.6 Å². The van der Waals surface area contributed by atoms with E-state index in [9.17, 15) is 19.5 Å². The Morgan fingerprint density at radius 3 is 2.50 bits per heavy atom. The average Bonchev–Trinajstić information content (AvgIpc) is 2.69. The lowest BCUT2D eigenvalue weighted by atomic mass is 9.72. The smallest absolute Gasteiger partial charge is 0.237 e. The van der Waals surface area contributed by atoms with Gasteiger partial charge in [0.25, 0.3) is 0 Å². The van der Waals surface area contributed by atoms with Gasteiger partial charge in [0, 0.05) is 18.5 Å². The zero-order valence-corrected chi connectivity index (χ0v) is 15.8. The molecular weight excluding hydrogens is 356 g/mol. The molecule has 1 saturated heterocycles. The van der Waals surface area contributed by atoms with Crippen LogP contribution in [0.1, 0.15) is 43.7 Å². The van der Waals surface area contributed by atoms with Gasteiger partial charge in [-0.2, -0.15) is 0 Å². The molecule has 1 fully saturated rings. The number of phenolic OH excluding ortho intramolecular Hbond substituents is 1. The fourth-order valence-electron chi connectivity index (χ4n) is 3.63. The molecule has 1 aliphatic rings. The van der Waals surface area contributed by atoms with Crippen LogP contribution in [0.25, 0.3) is 0 Å². The Bertz CT molecular complexity index is 892. The van der Waals surface area contributed by atoms with E-state index < -0.39 is 5.41 Å². The number of hydrogen-bond acceptors (Lipinski definition) is 4. The van der Waals surface area contributed by atoms with E-state index in [1.165, 1.54) is 0 Å². The van der Waals surface area contributed by atoms with Crippen LogP contribution >= 0.6 is 0 Å². The van der Waals surface area contributed by atoms with Crippen molar-refractivity contribution in [1.29, 1.82) is 0 Å². The molecule has 1 unspecified atom stereocenters. The first-order valence-corrected chi connectivity index (χ1v) is 9.46. The van der Waals surface area contributed by atoms with Gasteiger partial charge >= 0.3 is 0 Å². The van der Waals surface area contributed by atoms with Crippen LogP contribution in [-0.4, -0.2) is 22.8 Å². The van der Waals surface area contributed by atoms with Gasteiger partial charge in [-0.15, -0.1) is 0 Å². The van der Waals surface area contributed by atoms with Gasteiger partial charge in [0.15, 0.2) is 0 Å². The van der Waals surface area contributed by atoms with E-state index >= 15 is 0 Å². The van der Waals surface area contributed by atoms with Gasteiger partial charge in [-0.1, -0.05) is 37.3 Å². The summed E-state index contributed by atoms with van der Waals surface area (Å²) in [6.07, 6.45) is 2.11. The van der Waals surface area contributed by atoms with Crippen molar-refractivity contribution in [3.05, 3.63) is 59.7 Å². The number of imide groups is 1. The SMILES string of the molecule is CCC1(c2ccc(NC(=O)CCc3ccccc3O)cc2)CCC(=O)NC1=O. The molecule has 1 heterocycles. The number of carbonyl (C=O) groups is 3. The highest BCUT2D eigenvalue weighted by Crippen LogP contribution is 2.36. The minimum atomic E-state index is -0.707. The Hall–Kier alpha value is -3.15. The molecule has 28 heavy (non-hydrogen) atoms. The normalized spacial score (nSPS) is 19.2. The molecule has 0 spiro atoms. The fourth-order valence-corrected chi connectivity index (χ4v) is 3.63. The van der Waals surface area contributed by atoms with E-state index in [4.69, 9.17) is 0 Å². The van der Waals surface area contributed by atoms with E-state index in [-0.39, 0.29) is 29.9 Å². The lowest BCUT2D eigenvalue weighted by molar-refractivity contribution is -0.138. The predicted octanol–water partition coefficient (Wildman–Crippen LogP) is 3.05. The molecule has 146 valence electrons. The maximum absolute atomic E-state index is 12.4. The lowest BCUT2D eigenvalue weighted by Crippen LogP contribution is -2.51. The van der Waals surface area contributed by atoms with Crippen molar-refractivity contribution in [2.75, 3.05) is 5.32 Å². The quantitative estimate of drug-likeness (QED) is 0.671. The number of carbonyl (C=O) groups excluding carboxylic acids is 3. The Labute approximate surface area is 164 Å². The fraction of sp³-hybridized carbons (Fsp3) is 0.318. The molecular formula is C22H24N2O4. The highest BCUT2D eigenvalue weighted by Gasteiger charge is 2.42. The molecule has 0 saturated carbocycles. The Kier molecular flexibility index (Phi) is 5.78. The van der Waals surface area contributed by atoms with Gasteiger partial charge in [-0.3, -0.25) is 19.7 Å². The van der Waals surface area contributed by atoms with Gasteiger partial charge in [-0.25, -0.2) is 0 Å². The molecule has 6 heteroatoms. The molecule has 0 bridgehead atoms. The van der Waals surface area contributed by atoms with Gasteiger partial charge in [0.2, 0.25) is 17.7 Å². The summed E-state index contributed by atoms with van der Waals surface area (Å²) in [5.74, 6) is -0.455. The monoisotopic (exact) mass is 380 g/mol. The molecule has 3 N–H and O–H groups in total. The molecule has 1 aliphatic heterocycles. The number of amides is 3. The molecule has 3 amide bonds. The second-order valence-corrected chi connectivity index (χ2v) is 7.07. The number of phenols is 1. The largest absolute Gasteiger partial charge is 0.508 e. The number of anilines is 1. The minimum absolute atomic E-state index is 0.151. The number of piperidine rings is 1. The highest BCUT2D eigenvalue weighted by atomic mass is 16.3. The second-order valence-electron chi connectivity index (χ2n) is 7.07. The maximum atomic E-state index is 12.4. The molecule has 0 aliphatic carbocycles. The van der Waals surface area contributed by atoms with Crippen LogP contribution in [0.15, 0.2) is 48.5 Å². The second kappa shape index (κ2) is 8.25. The standard InChI is InChI=1S/C22H24N2O4/c1-2-22(14-13-20(27)24-21(22)28)16-8-10-17(11-9-16)23-19(26)12-7-15-5-3-4-6-18(15)25/h3-6,8-11,25H,2,7,12-14H2,1H3,(H,23,26)(H,24,27,28). The summed E-state index contributed by atoms with van der Waals surface area (Å²) >= 11 is 0. The van der Waals surface area contributed by atoms with Crippen molar-refractivity contribution in [3.8, 4) is 5.75 Å². The van der Waals surface area contributed by atoms with Gasteiger partial charge in [0.1, 0.15) is 5.75 Å². The van der Waals surface area contributed by atoms with E-state index in [2.05, 4.69) is 10.6 Å². The molecule has 2 aromatic carbocycles. The van der Waals surface area contributed by atoms with Crippen LogP contribution < -0.4 is 10.6 Å². The van der Waals surface area contributed by atoms with Crippen LogP contribution in [0.2, 0.25) is 0 Å². The third-order valence-corrected chi connectivity index (χ3v) is 5.40. The summed E-state index contributed by atoms with van der Waals surface area (Å²) in [4.78, 5) is 36.1. The minimum Gasteiger partial charge on any atom is -0.508 e. The van der Waals surface area contributed by atoms with Crippen LogP contribution in [0.4, 0.5) is 5.69 Å². The first-order chi connectivity index (χ1) is 13.4. The Balaban J connectivity index is 1.64. The van der Waals surface area contributed by atoms with Crippen molar-refractivity contribution in [2.45, 2.75) is 44.4 Å². The van der Waals surface area contributed by atoms with Crippen molar-refractivity contribution < 1.29 is 19.5 Å².